The lowest BCUT2D eigenvalue weighted by Crippen LogP contribution is -2.13. The van der Waals surface area contributed by atoms with E-state index in [2.05, 4.69) is 66.8 Å². The van der Waals surface area contributed by atoms with Gasteiger partial charge in [-0.2, -0.15) is 0 Å². The summed E-state index contributed by atoms with van der Waals surface area (Å²) in [5.74, 6) is 2.29. The fraction of sp³-hybridized carbons (Fsp3) is 0.333. The van der Waals surface area contributed by atoms with Gasteiger partial charge in [0.05, 0.1) is 0 Å². The first-order chi connectivity index (χ1) is 10.4. The molecule has 0 unspecified atom stereocenters. The molecule has 2 aromatic carbocycles. The molecule has 0 fully saturated rings. The summed E-state index contributed by atoms with van der Waals surface area (Å²) in [7, 11) is 0. The molecule has 0 aromatic heterocycles. The Kier molecular flexibility index (Phi) is 7.79. The minimum absolute atomic E-state index is 0.975. The highest BCUT2D eigenvalue weighted by atomic mass is 32.2. The minimum atomic E-state index is 0.975. The molecule has 2 rings (SSSR count). The molecule has 0 aliphatic heterocycles. The van der Waals surface area contributed by atoms with Crippen LogP contribution in [0.25, 0.3) is 0 Å². The second kappa shape index (κ2) is 9.93. The van der Waals surface area contributed by atoms with Crippen molar-refractivity contribution in [3.05, 3.63) is 60.2 Å². The maximum atomic E-state index is 3.43. The molecule has 1 N–H and O–H groups in total. The van der Waals surface area contributed by atoms with E-state index < -0.39 is 0 Å². The van der Waals surface area contributed by atoms with Crippen LogP contribution in [0, 0.1) is 0 Å². The lowest BCUT2D eigenvalue weighted by molar-refractivity contribution is 0.675. The fourth-order valence-corrected chi connectivity index (χ4v) is 3.76. The molecule has 0 aliphatic carbocycles. The predicted molar refractivity (Wildman–Crippen MR) is 96.3 cm³/mol. The number of rotatable bonds is 9. The van der Waals surface area contributed by atoms with Gasteiger partial charge in [0.2, 0.25) is 0 Å². The van der Waals surface area contributed by atoms with Gasteiger partial charge in [-0.1, -0.05) is 37.3 Å². The second-order valence-electron chi connectivity index (χ2n) is 4.83. The third kappa shape index (κ3) is 6.60. The van der Waals surface area contributed by atoms with E-state index in [0.29, 0.717) is 0 Å². The van der Waals surface area contributed by atoms with Gasteiger partial charge in [0.1, 0.15) is 0 Å². The number of thioether (sulfide) groups is 2. The molecule has 0 saturated heterocycles. The van der Waals surface area contributed by atoms with Crippen molar-refractivity contribution in [3.8, 4) is 0 Å². The van der Waals surface area contributed by atoms with E-state index in [1.807, 2.05) is 23.5 Å². The molecule has 3 heteroatoms. The largest absolute Gasteiger partial charge is 0.313 e. The summed E-state index contributed by atoms with van der Waals surface area (Å²) in [6.45, 7) is 4.26. The molecule has 0 saturated carbocycles. The molecule has 0 radical (unpaired) electrons. The number of benzene rings is 2. The van der Waals surface area contributed by atoms with Gasteiger partial charge >= 0.3 is 0 Å². The number of nitrogens with one attached hydrogen (secondary N) is 1. The van der Waals surface area contributed by atoms with Crippen LogP contribution in [-0.2, 0) is 6.54 Å². The smallest absolute Gasteiger partial charge is 0.0205 e. The van der Waals surface area contributed by atoms with E-state index in [-0.39, 0.29) is 0 Å². The van der Waals surface area contributed by atoms with Crippen LogP contribution in [0.1, 0.15) is 18.9 Å². The Hall–Kier alpha value is -0.900. The Morgan fingerprint density at radius 2 is 1.43 bits per heavy atom. The Morgan fingerprint density at radius 1 is 0.810 bits per heavy atom. The summed E-state index contributed by atoms with van der Waals surface area (Å²) >= 11 is 3.86. The first-order valence-electron chi connectivity index (χ1n) is 7.49. The second-order valence-corrected chi connectivity index (χ2v) is 7.17. The standard InChI is InChI=1S/C18H23NS2/c1-2-12-19-15-16-8-10-18(11-9-16)21-14-13-20-17-6-4-3-5-7-17/h3-11,19H,2,12-15H2,1H3. The highest BCUT2D eigenvalue weighted by Crippen LogP contribution is 2.23. The third-order valence-electron chi connectivity index (χ3n) is 3.04. The molecule has 0 heterocycles. The van der Waals surface area contributed by atoms with Crippen LogP contribution in [0.15, 0.2) is 64.4 Å². The molecule has 0 bridgehead atoms. The van der Waals surface area contributed by atoms with Gasteiger partial charge in [-0.15, -0.1) is 23.5 Å². The highest BCUT2D eigenvalue weighted by molar-refractivity contribution is 8.03. The van der Waals surface area contributed by atoms with Crippen molar-refractivity contribution in [1.29, 1.82) is 0 Å². The maximum Gasteiger partial charge on any atom is 0.0205 e. The summed E-state index contributed by atoms with van der Waals surface area (Å²) in [6, 6.07) is 19.5. The summed E-state index contributed by atoms with van der Waals surface area (Å²) in [5, 5.41) is 3.43. The van der Waals surface area contributed by atoms with Crippen LogP contribution < -0.4 is 5.32 Å². The molecule has 2 aromatic rings. The number of hydrogen-bond acceptors (Lipinski definition) is 3. The molecule has 112 valence electrons. The summed E-state index contributed by atoms with van der Waals surface area (Å²) in [4.78, 5) is 2.72. The summed E-state index contributed by atoms with van der Waals surface area (Å²) < 4.78 is 0. The third-order valence-corrected chi connectivity index (χ3v) is 5.33. The molecule has 0 aliphatic rings. The molecule has 0 spiro atoms. The normalized spacial score (nSPS) is 10.7. The van der Waals surface area contributed by atoms with Crippen molar-refractivity contribution in [2.24, 2.45) is 0 Å². The zero-order valence-corrected chi connectivity index (χ0v) is 14.2. The molecule has 0 atom stereocenters. The van der Waals surface area contributed by atoms with Crippen LogP contribution in [0.2, 0.25) is 0 Å². The lowest BCUT2D eigenvalue weighted by Gasteiger charge is -2.05. The summed E-state index contributed by atoms with van der Waals surface area (Å²) in [5.41, 5.74) is 1.37. The van der Waals surface area contributed by atoms with Crippen molar-refractivity contribution >= 4 is 23.5 Å². The highest BCUT2D eigenvalue weighted by Gasteiger charge is 1.97. The molecule has 1 nitrogen and oxygen atoms in total. The lowest BCUT2D eigenvalue weighted by atomic mass is 10.2. The predicted octanol–water partition coefficient (Wildman–Crippen LogP) is 5.07. The minimum Gasteiger partial charge on any atom is -0.313 e. The van der Waals surface area contributed by atoms with Crippen LogP contribution in [0.4, 0.5) is 0 Å². The van der Waals surface area contributed by atoms with E-state index in [1.54, 1.807) is 0 Å². The van der Waals surface area contributed by atoms with Crippen molar-refractivity contribution < 1.29 is 0 Å². The summed E-state index contributed by atoms with van der Waals surface area (Å²) in [6.07, 6.45) is 1.19. The van der Waals surface area contributed by atoms with Crippen LogP contribution in [0.5, 0.6) is 0 Å². The van der Waals surface area contributed by atoms with Gasteiger partial charge in [-0.05, 0) is 42.8 Å². The molecular weight excluding hydrogens is 294 g/mol. The molecule has 0 amide bonds. The van der Waals surface area contributed by atoms with E-state index >= 15 is 0 Å². The van der Waals surface area contributed by atoms with Crippen LogP contribution in [-0.4, -0.2) is 18.1 Å². The Morgan fingerprint density at radius 3 is 2.05 bits per heavy atom. The maximum absolute atomic E-state index is 3.43. The van der Waals surface area contributed by atoms with E-state index in [4.69, 9.17) is 0 Å². The van der Waals surface area contributed by atoms with E-state index in [0.717, 1.165) is 24.6 Å². The number of hydrogen-bond donors (Lipinski definition) is 1. The Bertz CT molecular complexity index is 496. The first kappa shape index (κ1) is 16.5. The first-order valence-corrected chi connectivity index (χ1v) is 9.46. The van der Waals surface area contributed by atoms with E-state index in [9.17, 15) is 0 Å². The van der Waals surface area contributed by atoms with Gasteiger partial charge in [-0.3, -0.25) is 0 Å². The van der Waals surface area contributed by atoms with Gasteiger partial charge in [0.25, 0.3) is 0 Å². The van der Waals surface area contributed by atoms with Gasteiger partial charge in [-0.25, -0.2) is 0 Å². The van der Waals surface area contributed by atoms with Crippen molar-refractivity contribution in [3.63, 3.8) is 0 Å². The Labute approximate surface area is 136 Å². The average molecular weight is 318 g/mol. The topological polar surface area (TPSA) is 12.0 Å². The monoisotopic (exact) mass is 317 g/mol. The quantitative estimate of drug-likeness (QED) is 0.512. The SMILES string of the molecule is CCCNCc1ccc(SCCSc2ccccc2)cc1. The van der Waals surface area contributed by atoms with Gasteiger partial charge in [0.15, 0.2) is 0 Å². The van der Waals surface area contributed by atoms with Crippen LogP contribution >= 0.6 is 23.5 Å². The molecular formula is C18H23NS2. The Balaban J connectivity index is 1.66. The van der Waals surface area contributed by atoms with E-state index in [1.165, 1.54) is 21.8 Å². The zero-order chi connectivity index (χ0) is 14.8. The zero-order valence-electron chi connectivity index (χ0n) is 12.5. The van der Waals surface area contributed by atoms with Gasteiger partial charge in [0, 0.05) is 27.8 Å². The van der Waals surface area contributed by atoms with Crippen LogP contribution in [0.3, 0.4) is 0 Å². The van der Waals surface area contributed by atoms with Gasteiger partial charge < -0.3 is 5.32 Å². The fourth-order valence-electron chi connectivity index (χ4n) is 1.95. The van der Waals surface area contributed by atoms with Crippen molar-refractivity contribution in [2.45, 2.75) is 29.7 Å². The van der Waals surface area contributed by atoms with Crippen molar-refractivity contribution in [1.82, 2.24) is 5.32 Å². The molecule has 21 heavy (non-hydrogen) atoms. The average Bonchev–Trinajstić information content (AvgIpc) is 2.54. The van der Waals surface area contributed by atoms with Crippen molar-refractivity contribution in [2.75, 3.05) is 18.1 Å².